The van der Waals surface area contributed by atoms with Crippen LogP contribution in [0.4, 0.5) is 0 Å². The maximum atomic E-state index is 10.9. The van der Waals surface area contributed by atoms with E-state index in [1.807, 2.05) is 5.32 Å². The molecule has 0 aliphatic rings. The summed E-state index contributed by atoms with van der Waals surface area (Å²) in [7, 11) is 0. The molecule has 1 aromatic rings. The van der Waals surface area contributed by atoms with Crippen LogP contribution in [0, 0.1) is 18.4 Å². The molecule has 0 unspecified atom stereocenters. The molecule has 5 nitrogen and oxygen atoms in total. The van der Waals surface area contributed by atoms with E-state index >= 15 is 0 Å². The van der Waals surface area contributed by atoms with Gasteiger partial charge in [-0.1, -0.05) is 5.16 Å². The fourth-order valence-electron chi connectivity index (χ4n) is 0.617. The van der Waals surface area contributed by atoms with E-state index in [1.165, 1.54) is 12.4 Å². The van der Waals surface area contributed by atoms with Gasteiger partial charge in [0.25, 0.3) is 0 Å². The predicted molar refractivity (Wildman–Crippen MR) is 34.3 cm³/mol. The van der Waals surface area contributed by atoms with Gasteiger partial charge < -0.3 is 4.52 Å². The molecule has 0 atom stereocenters. The highest BCUT2D eigenvalue weighted by Gasteiger charge is 2.12. The van der Waals surface area contributed by atoms with Gasteiger partial charge in [0, 0.05) is 5.56 Å². The Labute approximate surface area is 62.6 Å². The average Bonchev–Trinajstić information content (AvgIpc) is 2.36. The topological polar surface area (TPSA) is 78.9 Å². The Morgan fingerprint density at radius 1 is 1.91 bits per heavy atom. The number of amides is 1. The van der Waals surface area contributed by atoms with Crippen LogP contribution in [0.3, 0.4) is 0 Å². The summed E-state index contributed by atoms with van der Waals surface area (Å²) in [5.74, 6) is -0.492. The van der Waals surface area contributed by atoms with Crippen LogP contribution in [0.1, 0.15) is 16.1 Å². The first-order valence-corrected chi connectivity index (χ1v) is 2.86. The first-order valence-electron chi connectivity index (χ1n) is 2.86. The van der Waals surface area contributed by atoms with Crippen LogP contribution in [0.5, 0.6) is 0 Å². The van der Waals surface area contributed by atoms with E-state index in [-0.39, 0.29) is 5.76 Å². The van der Waals surface area contributed by atoms with E-state index in [2.05, 4.69) is 9.68 Å². The van der Waals surface area contributed by atoms with Crippen molar-refractivity contribution in [2.75, 3.05) is 0 Å². The van der Waals surface area contributed by atoms with Crippen LogP contribution in [-0.2, 0) is 0 Å². The molecule has 1 amide bonds. The number of aromatic nitrogens is 1. The van der Waals surface area contributed by atoms with Gasteiger partial charge in [-0.3, -0.25) is 10.1 Å². The van der Waals surface area contributed by atoms with Crippen molar-refractivity contribution in [1.82, 2.24) is 10.5 Å². The van der Waals surface area contributed by atoms with Gasteiger partial charge in [0.15, 0.2) is 6.19 Å². The minimum Gasteiger partial charge on any atom is -0.351 e. The first-order chi connectivity index (χ1) is 5.25. The quantitative estimate of drug-likeness (QED) is 0.459. The molecule has 1 heterocycles. The number of hydrogen-bond donors (Lipinski definition) is 1. The van der Waals surface area contributed by atoms with Gasteiger partial charge in [-0.05, 0) is 6.92 Å². The average molecular weight is 151 g/mol. The molecule has 1 N–H and O–H groups in total. The lowest BCUT2D eigenvalue weighted by atomic mass is 10.3. The molecular formula is C6H5N3O2. The third-order valence-electron chi connectivity index (χ3n) is 1.12. The zero-order chi connectivity index (χ0) is 8.27. The van der Waals surface area contributed by atoms with Crippen molar-refractivity contribution in [3.05, 3.63) is 17.5 Å². The zero-order valence-corrected chi connectivity index (χ0v) is 5.79. The van der Waals surface area contributed by atoms with E-state index < -0.39 is 5.91 Å². The van der Waals surface area contributed by atoms with Crippen molar-refractivity contribution in [1.29, 1.82) is 5.26 Å². The van der Waals surface area contributed by atoms with Crippen molar-refractivity contribution >= 4 is 5.91 Å². The summed E-state index contributed by atoms with van der Waals surface area (Å²) in [6, 6.07) is 0. The van der Waals surface area contributed by atoms with E-state index in [1.54, 1.807) is 6.92 Å². The molecule has 0 saturated carbocycles. The number of hydrogen-bond acceptors (Lipinski definition) is 4. The fourth-order valence-corrected chi connectivity index (χ4v) is 0.617. The van der Waals surface area contributed by atoms with E-state index in [0.29, 0.717) is 5.56 Å². The minimum atomic E-state index is -0.567. The standard InChI is InChI=1S/C6H5N3O2/c1-4-2-9-11-5(4)6(10)8-3-7/h2H,1H3,(H,8,10). The van der Waals surface area contributed by atoms with Crippen molar-refractivity contribution in [2.45, 2.75) is 6.92 Å². The highest BCUT2D eigenvalue weighted by molar-refractivity contribution is 5.93. The molecule has 0 fully saturated rings. The van der Waals surface area contributed by atoms with Crippen LogP contribution in [0.25, 0.3) is 0 Å². The second-order valence-electron chi connectivity index (χ2n) is 1.90. The smallest absolute Gasteiger partial charge is 0.303 e. The van der Waals surface area contributed by atoms with E-state index in [4.69, 9.17) is 5.26 Å². The lowest BCUT2D eigenvalue weighted by Gasteiger charge is -1.89. The van der Waals surface area contributed by atoms with Gasteiger partial charge in [0.05, 0.1) is 6.20 Å². The number of nitrogens with zero attached hydrogens (tertiary/aromatic N) is 2. The highest BCUT2D eigenvalue weighted by atomic mass is 16.5. The molecule has 0 aliphatic carbocycles. The largest absolute Gasteiger partial charge is 0.351 e. The summed E-state index contributed by atoms with van der Waals surface area (Å²) in [6.07, 6.45) is 2.90. The Hall–Kier alpha value is -1.83. The molecular weight excluding hydrogens is 146 g/mol. The summed E-state index contributed by atoms with van der Waals surface area (Å²) < 4.78 is 4.57. The van der Waals surface area contributed by atoms with Crippen molar-refractivity contribution in [3.8, 4) is 6.19 Å². The molecule has 1 rings (SSSR count). The molecule has 0 aromatic carbocycles. The number of rotatable bonds is 1. The summed E-state index contributed by atoms with van der Waals surface area (Å²) in [4.78, 5) is 10.9. The molecule has 0 saturated heterocycles. The maximum Gasteiger partial charge on any atom is 0.303 e. The Morgan fingerprint density at radius 3 is 3.09 bits per heavy atom. The van der Waals surface area contributed by atoms with Crippen LogP contribution >= 0.6 is 0 Å². The third-order valence-corrected chi connectivity index (χ3v) is 1.12. The monoisotopic (exact) mass is 151 g/mol. The first kappa shape index (κ1) is 7.28. The van der Waals surface area contributed by atoms with Crippen molar-refractivity contribution in [2.24, 2.45) is 0 Å². The van der Waals surface area contributed by atoms with Crippen LogP contribution in [0.2, 0.25) is 0 Å². The van der Waals surface area contributed by atoms with Crippen LogP contribution in [-0.4, -0.2) is 11.1 Å². The van der Waals surface area contributed by atoms with Gasteiger partial charge in [-0.15, -0.1) is 0 Å². The SMILES string of the molecule is Cc1cnoc1C(=O)NC#N. The Morgan fingerprint density at radius 2 is 2.64 bits per heavy atom. The molecule has 0 bridgehead atoms. The normalized spacial score (nSPS) is 8.73. The van der Waals surface area contributed by atoms with Gasteiger partial charge in [-0.2, -0.15) is 5.26 Å². The second-order valence-corrected chi connectivity index (χ2v) is 1.90. The fraction of sp³-hybridized carbons (Fsp3) is 0.167. The molecule has 0 spiro atoms. The molecule has 11 heavy (non-hydrogen) atoms. The molecule has 56 valence electrons. The van der Waals surface area contributed by atoms with Gasteiger partial charge >= 0.3 is 5.91 Å². The van der Waals surface area contributed by atoms with E-state index in [0.717, 1.165) is 0 Å². The second kappa shape index (κ2) is 2.84. The number of aryl methyl sites for hydroxylation is 1. The molecule has 1 aromatic heterocycles. The predicted octanol–water partition coefficient (Wildman–Crippen LogP) is 0.194. The number of nitrogens with one attached hydrogen (secondary N) is 1. The maximum absolute atomic E-state index is 10.9. The lowest BCUT2D eigenvalue weighted by Crippen LogP contribution is -2.17. The van der Waals surface area contributed by atoms with Crippen LogP contribution < -0.4 is 5.32 Å². The number of carbonyl (C=O) groups is 1. The third kappa shape index (κ3) is 1.35. The summed E-state index contributed by atoms with van der Waals surface area (Å²) in [6.45, 7) is 1.67. The number of nitriles is 1. The van der Waals surface area contributed by atoms with Crippen molar-refractivity contribution < 1.29 is 9.32 Å². The highest BCUT2D eigenvalue weighted by Crippen LogP contribution is 2.04. The minimum absolute atomic E-state index is 0.0755. The zero-order valence-electron chi connectivity index (χ0n) is 5.79. The molecule has 0 aliphatic heterocycles. The Balaban J connectivity index is 2.86. The summed E-state index contributed by atoms with van der Waals surface area (Å²) >= 11 is 0. The number of carbonyl (C=O) groups excluding carboxylic acids is 1. The summed E-state index contributed by atoms with van der Waals surface area (Å²) in [5, 5.41) is 13.4. The van der Waals surface area contributed by atoms with Gasteiger partial charge in [0.1, 0.15) is 0 Å². The summed E-state index contributed by atoms with van der Waals surface area (Å²) in [5.41, 5.74) is 0.609. The van der Waals surface area contributed by atoms with Crippen LogP contribution in [0.15, 0.2) is 10.7 Å². The molecule has 0 radical (unpaired) electrons. The van der Waals surface area contributed by atoms with Gasteiger partial charge in [-0.25, -0.2) is 0 Å². The Bertz CT molecular complexity index is 310. The van der Waals surface area contributed by atoms with E-state index in [9.17, 15) is 4.79 Å². The Kier molecular flexibility index (Phi) is 1.88. The lowest BCUT2D eigenvalue weighted by molar-refractivity contribution is 0.0935. The molecule has 5 heteroatoms. The van der Waals surface area contributed by atoms with Gasteiger partial charge in [0.2, 0.25) is 5.76 Å². The van der Waals surface area contributed by atoms with Crippen molar-refractivity contribution in [3.63, 3.8) is 0 Å².